The van der Waals surface area contributed by atoms with Gasteiger partial charge in [0.05, 0.1) is 5.02 Å². The first-order chi connectivity index (χ1) is 10.6. The molecule has 0 aliphatic rings. The van der Waals surface area contributed by atoms with Crippen molar-refractivity contribution < 1.29 is 32.2 Å². The van der Waals surface area contributed by atoms with Crippen LogP contribution in [-0.2, 0) is 14.3 Å². The van der Waals surface area contributed by atoms with Crippen molar-refractivity contribution in [1.82, 2.24) is 0 Å². The van der Waals surface area contributed by atoms with E-state index in [1.165, 1.54) is 0 Å². The standard InChI is InChI=1S/C15H16ClF3O4/c1-9-6-7-11(16)12(8-9)23-14(21)5-3-4-13(20)22-10(2)15(17,18)19/h6-8,10H,3-5H2,1-2H3. The molecule has 128 valence electrons. The van der Waals surface area contributed by atoms with E-state index in [9.17, 15) is 22.8 Å². The Hall–Kier alpha value is -1.76. The molecule has 0 N–H and O–H groups in total. The molecule has 0 spiro atoms. The molecule has 1 unspecified atom stereocenters. The van der Waals surface area contributed by atoms with Crippen molar-refractivity contribution in [2.45, 2.75) is 45.4 Å². The van der Waals surface area contributed by atoms with Gasteiger partial charge < -0.3 is 9.47 Å². The molecule has 0 heterocycles. The summed E-state index contributed by atoms with van der Waals surface area (Å²) < 4.78 is 45.9. The summed E-state index contributed by atoms with van der Waals surface area (Å²) in [6, 6.07) is 4.91. The summed E-state index contributed by atoms with van der Waals surface area (Å²) in [4.78, 5) is 22.9. The highest BCUT2D eigenvalue weighted by atomic mass is 35.5. The second kappa shape index (κ2) is 8.19. The Bertz CT molecular complexity index is 572. The van der Waals surface area contributed by atoms with Crippen molar-refractivity contribution >= 4 is 23.5 Å². The van der Waals surface area contributed by atoms with E-state index < -0.39 is 24.2 Å². The molecular formula is C15H16ClF3O4. The van der Waals surface area contributed by atoms with E-state index >= 15 is 0 Å². The molecule has 0 aliphatic heterocycles. The third-order valence-corrected chi connectivity index (χ3v) is 3.15. The van der Waals surface area contributed by atoms with Gasteiger partial charge in [-0.2, -0.15) is 13.2 Å². The Labute approximate surface area is 136 Å². The maximum atomic E-state index is 12.2. The first-order valence-corrected chi connectivity index (χ1v) is 7.20. The summed E-state index contributed by atoms with van der Waals surface area (Å²) >= 11 is 5.87. The van der Waals surface area contributed by atoms with Gasteiger partial charge in [0.1, 0.15) is 5.75 Å². The Kier molecular flexibility index (Phi) is 6.87. The SMILES string of the molecule is Cc1ccc(Cl)c(OC(=O)CCCC(=O)OC(C)C(F)(F)F)c1. The molecule has 1 aromatic rings. The number of ether oxygens (including phenoxy) is 2. The quantitative estimate of drug-likeness (QED) is 0.568. The summed E-state index contributed by atoms with van der Waals surface area (Å²) in [6.45, 7) is 2.54. The normalized spacial score (nSPS) is 12.6. The van der Waals surface area contributed by atoms with E-state index in [1.807, 2.05) is 0 Å². The molecule has 1 aromatic carbocycles. The van der Waals surface area contributed by atoms with Gasteiger partial charge in [-0.15, -0.1) is 0 Å². The van der Waals surface area contributed by atoms with Crippen LogP contribution in [0, 0.1) is 6.92 Å². The van der Waals surface area contributed by atoms with Crippen LogP contribution in [0.4, 0.5) is 13.2 Å². The lowest BCUT2D eigenvalue weighted by molar-refractivity contribution is -0.216. The highest BCUT2D eigenvalue weighted by Gasteiger charge is 2.38. The molecule has 0 radical (unpaired) electrons. The maximum absolute atomic E-state index is 12.2. The van der Waals surface area contributed by atoms with E-state index in [-0.39, 0.29) is 30.0 Å². The molecular weight excluding hydrogens is 337 g/mol. The van der Waals surface area contributed by atoms with Crippen molar-refractivity contribution in [2.24, 2.45) is 0 Å². The van der Waals surface area contributed by atoms with Crippen LogP contribution in [0.25, 0.3) is 0 Å². The molecule has 0 aromatic heterocycles. The molecule has 4 nitrogen and oxygen atoms in total. The predicted octanol–water partition coefficient (Wildman–Crippen LogP) is 4.22. The highest BCUT2D eigenvalue weighted by Crippen LogP contribution is 2.26. The van der Waals surface area contributed by atoms with Crippen LogP contribution in [0.3, 0.4) is 0 Å². The maximum Gasteiger partial charge on any atom is 0.425 e. The molecule has 0 aliphatic carbocycles. The number of halogens is 4. The Morgan fingerprint density at radius 2 is 1.83 bits per heavy atom. The summed E-state index contributed by atoms with van der Waals surface area (Å²) in [6.07, 6.45) is -7.20. The lowest BCUT2D eigenvalue weighted by atomic mass is 10.2. The average molecular weight is 353 g/mol. The van der Waals surface area contributed by atoms with Crippen molar-refractivity contribution in [3.8, 4) is 5.75 Å². The fourth-order valence-electron chi connectivity index (χ4n) is 1.56. The number of carbonyl (C=O) groups excluding carboxylic acids is 2. The van der Waals surface area contributed by atoms with Gasteiger partial charge >= 0.3 is 18.1 Å². The summed E-state index contributed by atoms with van der Waals surface area (Å²) in [5, 5.41) is 0.266. The fourth-order valence-corrected chi connectivity index (χ4v) is 1.72. The van der Waals surface area contributed by atoms with Gasteiger partial charge in [-0.05, 0) is 38.0 Å². The zero-order valence-electron chi connectivity index (χ0n) is 12.6. The fraction of sp³-hybridized carbons (Fsp3) is 0.467. The van der Waals surface area contributed by atoms with Gasteiger partial charge in [0.25, 0.3) is 0 Å². The monoisotopic (exact) mass is 352 g/mol. The van der Waals surface area contributed by atoms with Crippen LogP contribution in [0.2, 0.25) is 5.02 Å². The van der Waals surface area contributed by atoms with E-state index in [0.717, 1.165) is 12.5 Å². The highest BCUT2D eigenvalue weighted by molar-refractivity contribution is 6.32. The van der Waals surface area contributed by atoms with Gasteiger partial charge in [-0.3, -0.25) is 9.59 Å². The van der Waals surface area contributed by atoms with Crippen LogP contribution in [0.15, 0.2) is 18.2 Å². The van der Waals surface area contributed by atoms with E-state index in [0.29, 0.717) is 0 Å². The number of esters is 2. The summed E-state index contributed by atoms with van der Waals surface area (Å²) in [5.74, 6) is -1.45. The van der Waals surface area contributed by atoms with E-state index in [4.69, 9.17) is 16.3 Å². The first kappa shape index (κ1) is 19.3. The van der Waals surface area contributed by atoms with E-state index in [1.54, 1.807) is 25.1 Å². The topological polar surface area (TPSA) is 52.6 Å². The van der Waals surface area contributed by atoms with Crippen molar-refractivity contribution in [1.29, 1.82) is 0 Å². The van der Waals surface area contributed by atoms with Gasteiger partial charge in [-0.25, -0.2) is 0 Å². The average Bonchev–Trinajstić information content (AvgIpc) is 2.41. The number of benzene rings is 1. The van der Waals surface area contributed by atoms with E-state index in [2.05, 4.69) is 4.74 Å². The molecule has 23 heavy (non-hydrogen) atoms. The minimum absolute atomic E-state index is 0.0195. The van der Waals surface area contributed by atoms with Gasteiger partial charge in [0.15, 0.2) is 6.10 Å². The third-order valence-electron chi connectivity index (χ3n) is 2.84. The number of hydrogen-bond acceptors (Lipinski definition) is 4. The Morgan fingerprint density at radius 1 is 1.22 bits per heavy atom. The van der Waals surface area contributed by atoms with Gasteiger partial charge in [0.2, 0.25) is 0 Å². The first-order valence-electron chi connectivity index (χ1n) is 6.82. The van der Waals surface area contributed by atoms with Crippen LogP contribution >= 0.6 is 11.6 Å². The van der Waals surface area contributed by atoms with Gasteiger partial charge in [-0.1, -0.05) is 17.7 Å². The second-order valence-corrected chi connectivity index (χ2v) is 5.34. The Balaban J connectivity index is 2.37. The molecule has 0 saturated heterocycles. The summed E-state index contributed by atoms with van der Waals surface area (Å²) in [7, 11) is 0. The minimum atomic E-state index is -4.60. The third kappa shape index (κ3) is 6.90. The lowest BCUT2D eigenvalue weighted by Crippen LogP contribution is -2.30. The number of aryl methyl sites for hydroxylation is 1. The van der Waals surface area contributed by atoms with Crippen LogP contribution in [0.1, 0.15) is 31.7 Å². The smallest absolute Gasteiger partial charge is 0.425 e. The number of alkyl halides is 3. The molecule has 1 atom stereocenters. The van der Waals surface area contributed by atoms with Crippen molar-refractivity contribution in [3.63, 3.8) is 0 Å². The van der Waals surface area contributed by atoms with Crippen molar-refractivity contribution in [3.05, 3.63) is 28.8 Å². The van der Waals surface area contributed by atoms with Crippen LogP contribution < -0.4 is 4.74 Å². The molecule has 0 bridgehead atoms. The lowest BCUT2D eigenvalue weighted by Gasteiger charge is -2.16. The van der Waals surface area contributed by atoms with Crippen LogP contribution in [-0.4, -0.2) is 24.2 Å². The van der Waals surface area contributed by atoms with Crippen LogP contribution in [0.5, 0.6) is 5.75 Å². The molecule has 0 amide bonds. The Morgan fingerprint density at radius 3 is 2.43 bits per heavy atom. The number of hydrogen-bond donors (Lipinski definition) is 0. The predicted molar refractivity (Wildman–Crippen MR) is 77.3 cm³/mol. The number of rotatable bonds is 6. The molecule has 0 saturated carbocycles. The minimum Gasteiger partial charge on any atom is -0.453 e. The zero-order valence-corrected chi connectivity index (χ0v) is 13.3. The second-order valence-electron chi connectivity index (χ2n) is 4.94. The zero-order chi connectivity index (χ0) is 17.6. The van der Waals surface area contributed by atoms with Crippen molar-refractivity contribution in [2.75, 3.05) is 0 Å². The van der Waals surface area contributed by atoms with Gasteiger partial charge in [0, 0.05) is 12.8 Å². The molecule has 8 heteroatoms. The summed E-state index contributed by atoms with van der Waals surface area (Å²) in [5.41, 5.74) is 0.849. The molecule has 0 fully saturated rings. The number of carbonyl (C=O) groups is 2. The largest absolute Gasteiger partial charge is 0.453 e. The molecule has 1 rings (SSSR count).